The Bertz CT molecular complexity index is 518. The molecule has 2 nitrogen and oxygen atoms in total. The van der Waals surface area contributed by atoms with Gasteiger partial charge in [0.05, 0.1) is 10.2 Å². The Balaban J connectivity index is 2.31. The van der Waals surface area contributed by atoms with Gasteiger partial charge in [0.1, 0.15) is 0 Å². The van der Waals surface area contributed by atoms with Gasteiger partial charge in [-0.2, -0.15) is 0 Å². The molecule has 18 heavy (non-hydrogen) atoms. The fourth-order valence-corrected chi connectivity index (χ4v) is 3.30. The summed E-state index contributed by atoms with van der Waals surface area (Å²) in [5.41, 5.74) is 2.58. The van der Waals surface area contributed by atoms with Crippen LogP contribution in [0.2, 0.25) is 0 Å². The topological polar surface area (TPSA) is 24.9 Å². The number of thiazole rings is 1. The third-order valence-electron chi connectivity index (χ3n) is 3.95. The molecule has 0 radical (unpaired) electrons. The molecular formula is C15H22N2S. The fourth-order valence-electron chi connectivity index (χ4n) is 2.33. The van der Waals surface area contributed by atoms with Gasteiger partial charge in [0.2, 0.25) is 0 Å². The van der Waals surface area contributed by atoms with Crippen LogP contribution >= 0.6 is 11.3 Å². The average Bonchev–Trinajstić information content (AvgIpc) is 2.77. The first-order valence-corrected chi connectivity index (χ1v) is 7.59. The molecule has 0 fully saturated rings. The highest BCUT2D eigenvalue weighted by molar-refractivity contribution is 7.22. The Morgan fingerprint density at radius 1 is 1.17 bits per heavy atom. The van der Waals surface area contributed by atoms with Gasteiger partial charge in [-0.15, -0.1) is 0 Å². The normalized spacial score (nSPS) is 12.0. The number of anilines is 1. The average molecular weight is 262 g/mol. The van der Waals surface area contributed by atoms with Gasteiger partial charge in [0.25, 0.3) is 0 Å². The molecule has 98 valence electrons. The first-order valence-electron chi connectivity index (χ1n) is 6.78. The van der Waals surface area contributed by atoms with Crippen LogP contribution in [0.3, 0.4) is 0 Å². The van der Waals surface area contributed by atoms with Crippen LogP contribution in [0.5, 0.6) is 0 Å². The van der Waals surface area contributed by atoms with Crippen molar-refractivity contribution < 1.29 is 0 Å². The number of hydrogen-bond acceptors (Lipinski definition) is 3. The minimum absolute atomic E-state index is 0.197. The second-order valence-electron chi connectivity index (χ2n) is 4.96. The van der Waals surface area contributed by atoms with Gasteiger partial charge in [0.15, 0.2) is 5.13 Å². The van der Waals surface area contributed by atoms with Crippen LogP contribution in [0.1, 0.15) is 45.6 Å². The van der Waals surface area contributed by atoms with Crippen molar-refractivity contribution >= 4 is 26.7 Å². The van der Waals surface area contributed by atoms with Crippen molar-refractivity contribution in [1.82, 2.24) is 4.98 Å². The van der Waals surface area contributed by atoms with E-state index in [0.717, 1.165) is 29.9 Å². The van der Waals surface area contributed by atoms with Crippen LogP contribution < -0.4 is 5.32 Å². The summed E-state index contributed by atoms with van der Waals surface area (Å²) in [7, 11) is 0. The molecule has 0 amide bonds. The SMILES string of the molecule is CCC(CC)(CC)Nc1nc2cc(C)ccc2s1. The zero-order chi connectivity index (χ0) is 13.2. The number of nitrogens with one attached hydrogen (secondary N) is 1. The van der Waals surface area contributed by atoms with Crippen molar-refractivity contribution in [2.24, 2.45) is 0 Å². The zero-order valence-corrected chi connectivity index (χ0v) is 12.5. The molecule has 2 aromatic rings. The van der Waals surface area contributed by atoms with E-state index < -0.39 is 0 Å². The predicted molar refractivity (Wildman–Crippen MR) is 81.6 cm³/mol. The Hall–Kier alpha value is -1.09. The van der Waals surface area contributed by atoms with Crippen molar-refractivity contribution in [2.75, 3.05) is 5.32 Å². The fraction of sp³-hybridized carbons (Fsp3) is 0.533. The maximum absolute atomic E-state index is 4.71. The van der Waals surface area contributed by atoms with E-state index in [4.69, 9.17) is 4.98 Å². The van der Waals surface area contributed by atoms with E-state index in [0.29, 0.717) is 0 Å². The van der Waals surface area contributed by atoms with E-state index in [1.165, 1.54) is 10.3 Å². The molecule has 1 aromatic carbocycles. The van der Waals surface area contributed by atoms with Gasteiger partial charge in [-0.25, -0.2) is 4.98 Å². The third kappa shape index (κ3) is 2.51. The van der Waals surface area contributed by atoms with Crippen molar-refractivity contribution in [3.05, 3.63) is 23.8 Å². The minimum atomic E-state index is 0.197. The molecule has 0 saturated carbocycles. The molecule has 0 aliphatic heterocycles. The van der Waals surface area contributed by atoms with Gasteiger partial charge in [-0.05, 0) is 43.9 Å². The van der Waals surface area contributed by atoms with E-state index in [1.807, 2.05) is 0 Å². The maximum atomic E-state index is 4.71. The second-order valence-corrected chi connectivity index (χ2v) is 5.99. The summed E-state index contributed by atoms with van der Waals surface area (Å²) in [5, 5.41) is 4.71. The number of fused-ring (bicyclic) bond motifs is 1. The van der Waals surface area contributed by atoms with E-state index in [9.17, 15) is 0 Å². The molecule has 0 unspecified atom stereocenters. The first kappa shape index (κ1) is 13.3. The Morgan fingerprint density at radius 3 is 2.44 bits per heavy atom. The summed E-state index contributed by atoms with van der Waals surface area (Å²) in [6, 6.07) is 6.47. The van der Waals surface area contributed by atoms with E-state index >= 15 is 0 Å². The van der Waals surface area contributed by atoms with Crippen LogP contribution in [0.25, 0.3) is 10.2 Å². The molecule has 0 spiro atoms. The van der Waals surface area contributed by atoms with Crippen LogP contribution in [0.15, 0.2) is 18.2 Å². The van der Waals surface area contributed by atoms with Gasteiger partial charge in [-0.3, -0.25) is 0 Å². The molecule has 1 aromatic heterocycles. The molecule has 0 atom stereocenters. The van der Waals surface area contributed by atoms with Crippen molar-refractivity contribution in [1.29, 1.82) is 0 Å². The molecule has 0 saturated heterocycles. The van der Waals surface area contributed by atoms with Crippen LogP contribution in [0.4, 0.5) is 5.13 Å². The van der Waals surface area contributed by atoms with E-state index in [2.05, 4.69) is 51.2 Å². The number of aromatic nitrogens is 1. The number of nitrogens with zero attached hydrogens (tertiary/aromatic N) is 1. The summed E-state index contributed by atoms with van der Waals surface area (Å²) in [6.45, 7) is 8.85. The third-order valence-corrected chi connectivity index (χ3v) is 4.90. The molecular weight excluding hydrogens is 240 g/mol. The molecule has 0 aliphatic carbocycles. The molecule has 3 heteroatoms. The second kappa shape index (κ2) is 5.27. The lowest BCUT2D eigenvalue weighted by Gasteiger charge is -2.31. The summed E-state index contributed by atoms with van der Waals surface area (Å²) in [6.07, 6.45) is 3.40. The Labute approximate surface area is 113 Å². The van der Waals surface area contributed by atoms with Gasteiger partial charge in [-0.1, -0.05) is 38.2 Å². The van der Waals surface area contributed by atoms with Crippen LogP contribution in [0, 0.1) is 6.92 Å². The lowest BCUT2D eigenvalue weighted by Crippen LogP contribution is -2.35. The molecule has 2 rings (SSSR count). The van der Waals surface area contributed by atoms with Crippen LogP contribution in [-0.2, 0) is 0 Å². The smallest absolute Gasteiger partial charge is 0.184 e. The van der Waals surface area contributed by atoms with Crippen molar-refractivity contribution in [3.8, 4) is 0 Å². The number of hydrogen-bond donors (Lipinski definition) is 1. The molecule has 1 heterocycles. The Kier molecular flexibility index (Phi) is 3.91. The van der Waals surface area contributed by atoms with Gasteiger partial charge >= 0.3 is 0 Å². The van der Waals surface area contributed by atoms with Gasteiger partial charge in [0, 0.05) is 5.54 Å². The standard InChI is InChI=1S/C15H22N2S/c1-5-15(6-2,7-3)17-14-16-12-10-11(4)8-9-13(12)18-14/h8-10H,5-7H2,1-4H3,(H,16,17). The zero-order valence-electron chi connectivity index (χ0n) is 11.7. The van der Waals surface area contributed by atoms with E-state index in [-0.39, 0.29) is 5.54 Å². The lowest BCUT2D eigenvalue weighted by molar-refractivity contribution is 0.420. The number of rotatable bonds is 5. The predicted octanol–water partition coefficient (Wildman–Crippen LogP) is 4.99. The maximum Gasteiger partial charge on any atom is 0.184 e. The summed E-state index contributed by atoms with van der Waals surface area (Å²) in [4.78, 5) is 4.71. The lowest BCUT2D eigenvalue weighted by atomic mass is 9.90. The minimum Gasteiger partial charge on any atom is -0.356 e. The van der Waals surface area contributed by atoms with E-state index in [1.54, 1.807) is 11.3 Å². The van der Waals surface area contributed by atoms with Crippen molar-refractivity contribution in [3.63, 3.8) is 0 Å². The first-order chi connectivity index (χ1) is 8.62. The number of benzene rings is 1. The van der Waals surface area contributed by atoms with Gasteiger partial charge < -0.3 is 5.32 Å². The number of aryl methyl sites for hydroxylation is 1. The monoisotopic (exact) mass is 262 g/mol. The highest BCUT2D eigenvalue weighted by Crippen LogP contribution is 2.31. The molecule has 0 bridgehead atoms. The largest absolute Gasteiger partial charge is 0.356 e. The molecule has 1 N–H and O–H groups in total. The summed E-state index contributed by atoms with van der Waals surface area (Å²) in [5.74, 6) is 0. The quantitative estimate of drug-likeness (QED) is 0.821. The highest BCUT2D eigenvalue weighted by atomic mass is 32.1. The van der Waals surface area contributed by atoms with Crippen molar-refractivity contribution in [2.45, 2.75) is 52.5 Å². The summed E-state index contributed by atoms with van der Waals surface area (Å²) < 4.78 is 1.26. The highest BCUT2D eigenvalue weighted by Gasteiger charge is 2.24. The Morgan fingerprint density at radius 2 is 1.83 bits per heavy atom. The van der Waals surface area contributed by atoms with Crippen LogP contribution in [-0.4, -0.2) is 10.5 Å². The summed E-state index contributed by atoms with van der Waals surface area (Å²) >= 11 is 1.76. The molecule has 0 aliphatic rings.